The monoisotopic (exact) mass is 493 g/mol. The molecule has 1 saturated heterocycles. The van der Waals surface area contributed by atoms with E-state index in [0.29, 0.717) is 37.3 Å². The number of fused-ring (bicyclic) bond motifs is 1. The number of aliphatic hydroxyl groups excluding tert-OH is 2. The van der Waals surface area contributed by atoms with Crippen LogP contribution in [0.1, 0.15) is 72.1 Å². The molecule has 0 spiro atoms. The summed E-state index contributed by atoms with van der Waals surface area (Å²) in [6.45, 7) is 12.7. The van der Waals surface area contributed by atoms with Gasteiger partial charge in [-0.2, -0.15) is 0 Å². The number of likely N-dealkylation sites (tertiary alicyclic amines) is 1. The minimum absolute atomic E-state index is 0.150. The van der Waals surface area contributed by atoms with Crippen LogP contribution in [0, 0.1) is 29.1 Å². The molecule has 7 atom stereocenters. The first-order valence-electron chi connectivity index (χ1n) is 13.6. The van der Waals surface area contributed by atoms with E-state index in [-0.39, 0.29) is 24.2 Å². The van der Waals surface area contributed by atoms with Crippen LogP contribution in [0.15, 0.2) is 35.5 Å². The number of aliphatic hydroxyl groups is 3. The first kappa shape index (κ1) is 27.0. The largest absolute Gasteiger partial charge is 0.392 e. The molecule has 198 valence electrons. The Morgan fingerprint density at radius 1 is 1.14 bits per heavy atom. The number of alkyl halides is 2. The summed E-state index contributed by atoms with van der Waals surface area (Å²) in [5.74, 6) is 1.42. The highest BCUT2D eigenvalue weighted by Gasteiger charge is 2.51. The fourth-order valence-corrected chi connectivity index (χ4v) is 7.73. The van der Waals surface area contributed by atoms with Crippen LogP contribution in [0.25, 0.3) is 0 Å². The van der Waals surface area contributed by atoms with Crippen molar-refractivity contribution in [2.24, 2.45) is 29.1 Å². The van der Waals surface area contributed by atoms with Crippen LogP contribution in [0.5, 0.6) is 0 Å². The third-order valence-electron chi connectivity index (χ3n) is 10.2. The molecule has 3 aliphatic carbocycles. The number of allylic oxidation sites excluding steroid dienone is 3. The van der Waals surface area contributed by atoms with Gasteiger partial charge in [-0.05, 0) is 85.7 Å². The molecule has 0 radical (unpaired) electrons. The molecule has 4 nitrogen and oxygen atoms in total. The Bertz CT molecular complexity index is 847. The maximum Gasteiger partial charge on any atom is 0.266 e. The van der Waals surface area contributed by atoms with Gasteiger partial charge in [0.1, 0.15) is 5.60 Å². The average molecular weight is 494 g/mol. The topological polar surface area (TPSA) is 63.9 Å². The summed E-state index contributed by atoms with van der Waals surface area (Å²) in [6, 6.07) is 0. The minimum atomic E-state index is -2.67. The fourth-order valence-electron chi connectivity index (χ4n) is 7.73. The SMILES string of the molecule is C=C1/C(=C\C=C2/CCC[C@]3(C)[C@@H]([C@@H](C)CN4CCC(O)(C(F)F)CC4)CC[C@@H]23)CC(O)C(C)C1O. The smallest absolute Gasteiger partial charge is 0.266 e. The van der Waals surface area contributed by atoms with Crippen molar-refractivity contribution in [3.05, 3.63) is 35.5 Å². The van der Waals surface area contributed by atoms with E-state index in [2.05, 4.69) is 37.5 Å². The van der Waals surface area contributed by atoms with Gasteiger partial charge in [-0.1, -0.05) is 45.1 Å². The summed E-state index contributed by atoms with van der Waals surface area (Å²) < 4.78 is 26.3. The van der Waals surface area contributed by atoms with Gasteiger partial charge in [0.15, 0.2) is 0 Å². The van der Waals surface area contributed by atoms with Crippen molar-refractivity contribution in [2.45, 2.75) is 96.4 Å². The Kier molecular flexibility index (Phi) is 7.98. The number of piperidine rings is 1. The summed E-state index contributed by atoms with van der Waals surface area (Å²) in [6.07, 6.45) is 7.12. The van der Waals surface area contributed by atoms with Gasteiger partial charge in [0.2, 0.25) is 0 Å². The molecule has 4 aliphatic rings. The van der Waals surface area contributed by atoms with Gasteiger partial charge in [0, 0.05) is 25.6 Å². The molecule has 1 aliphatic heterocycles. The number of nitrogens with zero attached hydrogens (tertiary/aromatic N) is 1. The predicted octanol–water partition coefficient (Wildman–Crippen LogP) is 5.10. The van der Waals surface area contributed by atoms with E-state index < -0.39 is 24.2 Å². The quantitative estimate of drug-likeness (QED) is 0.499. The van der Waals surface area contributed by atoms with Gasteiger partial charge in [-0.15, -0.1) is 0 Å². The van der Waals surface area contributed by atoms with Crippen LogP contribution in [0.4, 0.5) is 8.78 Å². The minimum Gasteiger partial charge on any atom is -0.392 e. The Morgan fingerprint density at radius 3 is 2.49 bits per heavy atom. The lowest BCUT2D eigenvalue weighted by Gasteiger charge is -2.46. The molecule has 6 heteroatoms. The van der Waals surface area contributed by atoms with Crippen LogP contribution >= 0.6 is 0 Å². The molecular formula is C29H45F2NO3. The van der Waals surface area contributed by atoms with E-state index in [0.717, 1.165) is 24.1 Å². The third-order valence-corrected chi connectivity index (χ3v) is 10.2. The second-order valence-corrected chi connectivity index (χ2v) is 12.3. The molecule has 35 heavy (non-hydrogen) atoms. The molecule has 0 aromatic rings. The first-order valence-corrected chi connectivity index (χ1v) is 13.6. The summed E-state index contributed by atoms with van der Waals surface area (Å²) in [7, 11) is 0. The second-order valence-electron chi connectivity index (χ2n) is 12.3. The first-order chi connectivity index (χ1) is 16.5. The molecule has 4 fully saturated rings. The van der Waals surface area contributed by atoms with Gasteiger partial charge < -0.3 is 20.2 Å². The summed E-state index contributed by atoms with van der Waals surface area (Å²) in [5, 5.41) is 30.9. The Balaban J connectivity index is 1.42. The number of rotatable bonds is 5. The summed E-state index contributed by atoms with van der Waals surface area (Å²) >= 11 is 0. The van der Waals surface area contributed by atoms with E-state index in [1.54, 1.807) is 0 Å². The van der Waals surface area contributed by atoms with E-state index >= 15 is 0 Å². The van der Waals surface area contributed by atoms with Gasteiger partial charge in [-0.25, -0.2) is 8.78 Å². The van der Waals surface area contributed by atoms with Crippen molar-refractivity contribution in [1.82, 2.24) is 4.90 Å². The molecule has 1 heterocycles. The average Bonchev–Trinajstić information content (AvgIpc) is 3.18. The van der Waals surface area contributed by atoms with Crippen molar-refractivity contribution >= 4 is 0 Å². The van der Waals surface area contributed by atoms with Crippen molar-refractivity contribution in [3.8, 4) is 0 Å². The highest BCUT2D eigenvalue weighted by Crippen LogP contribution is 2.59. The van der Waals surface area contributed by atoms with Crippen molar-refractivity contribution in [1.29, 1.82) is 0 Å². The Hall–Kier alpha value is -1.08. The molecule has 0 aromatic carbocycles. The van der Waals surface area contributed by atoms with Gasteiger partial charge in [0.05, 0.1) is 12.2 Å². The summed E-state index contributed by atoms with van der Waals surface area (Å²) in [5.41, 5.74) is 1.60. The maximum atomic E-state index is 13.2. The van der Waals surface area contributed by atoms with Crippen molar-refractivity contribution in [2.75, 3.05) is 19.6 Å². The van der Waals surface area contributed by atoms with Gasteiger partial charge in [0.25, 0.3) is 6.43 Å². The van der Waals surface area contributed by atoms with Crippen molar-refractivity contribution in [3.63, 3.8) is 0 Å². The molecule has 0 amide bonds. The zero-order valence-electron chi connectivity index (χ0n) is 21.7. The lowest BCUT2D eigenvalue weighted by Crippen LogP contribution is -2.50. The molecule has 0 aromatic heterocycles. The van der Waals surface area contributed by atoms with Crippen LogP contribution in [-0.2, 0) is 0 Å². The molecule has 0 bridgehead atoms. The molecule has 3 unspecified atom stereocenters. The normalized spacial score (nSPS) is 41.5. The Labute approximate surface area is 209 Å². The standard InChI is InChI=1S/C29H45F2NO3/c1-18(17-32-14-12-29(35,13-15-32)27(30)31)23-9-10-24-21(6-5-11-28(23,24)4)7-8-22-16-25(33)20(3)26(34)19(22)2/h7-8,18,20,23-27,33-35H,2,5-6,9-17H2,1,3-4H3/b21-7+,22-8-/t18-,20?,23+,24-,25?,26?,28+/m0/s1. The van der Waals surface area contributed by atoms with Crippen LogP contribution in [0.2, 0.25) is 0 Å². The van der Waals surface area contributed by atoms with Gasteiger partial charge in [-0.3, -0.25) is 0 Å². The number of hydrogen-bond acceptors (Lipinski definition) is 4. The van der Waals surface area contributed by atoms with E-state index in [1.807, 2.05) is 6.92 Å². The predicted molar refractivity (Wildman–Crippen MR) is 135 cm³/mol. The number of halogens is 2. The van der Waals surface area contributed by atoms with Gasteiger partial charge >= 0.3 is 0 Å². The van der Waals surface area contributed by atoms with E-state index in [4.69, 9.17) is 0 Å². The highest BCUT2D eigenvalue weighted by atomic mass is 19.3. The van der Waals surface area contributed by atoms with Crippen molar-refractivity contribution < 1.29 is 24.1 Å². The van der Waals surface area contributed by atoms with Crippen LogP contribution in [0.3, 0.4) is 0 Å². The Morgan fingerprint density at radius 2 is 1.83 bits per heavy atom. The summed E-state index contributed by atoms with van der Waals surface area (Å²) in [4.78, 5) is 2.27. The maximum absolute atomic E-state index is 13.2. The molecular weight excluding hydrogens is 448 g/mol. The highest BCUT2D eigenvalue weighted by molar-refractivity contribution is 5.39. The lowest BCUT2D eigenvalue weighted by atomic mass is 9.61. The lowest BCUT2D eigenvalue weighted by molar-refractivity contribution is -0.128. The van der Waals surface area contributed by atoms with Crippen LogP contribution < -0.4 is 0 Å². The zero-order valence-corrected chi connectivity index (χ0v) is 21.7. The fraction of sp³-hybridized carbons (Fsp3) is 0.793. The van der Waals surface area contributed by atoms with Crippen LogP contribution in [-0.4, -0.2) is 64.1 Å². The molecule has 4 rings (SSSR count). The zero-order chi connectivity index (χ0) is 25.5. The second kappa shape index (κ2) is 10.4. The molecule has 3 N–H and O–H groups in total. The van der Waals surface area contributed by atoms with E-state index in [9.17, 15) is 24.1 Å². The third kappa shape index (κ3) is 5.18. The van der Waals surface area contributed by atoms with E-state index in [1.165, 1.54) is 31.3 Å². The number of hydrogen-bond donors (Lipinski definition) is 3. The molecule has 3 saturated carbocycles.